The predicted molar refractivity (Wildman–Crippen MR) is 71.2 cm³/mol. The summed E-state index contributed by atoms with van der Waals surface area (Å²) in [5, 5.41) is 6.83. The van der Waals surface area contributed by atoms with Crippen molar-refractivity contribution < 1.29 is 9.21 Å². The standard InChI is InChI=1S/C14H12N4O2/c19-14(16-10-12-3-1-8-20-12)11-4-5-13(15-9-11)18-7-2-6-17-18/h1-9H,10H2,(H,16,19). The third-order valence-corrected chi connectivity index (χ3v) is 2.75. The maximum Gasteiger partial charge on any atom is 0.253 e. The van der Waals surface area contributed by atoms with Gasteiger partial charge in [-0.1, -0.05) is 0 Å². The van der Waals surface area contributed by atoms with Crippen molar-refractivity contribution >= 4 is 5.91 Å². The van der Waals surface area contributed by atoms with Crippen LogP contribution in [0.15, 0.2) is 59.6 Å². The molecule has 0 spiro atoms. The molecule has 6 nitrogen and oxygen atoms in total. The quantitative estimate of drug-likeness (QED) is 0.783. The highest BCUT2D eigenvalue weighted by Gasteiger charge is 2.07. The number of hydrogen-bond acceptors (Lipinski definition) is 4. The number of nitrogens with one attached hydrogen (secondary N) is 1. The fourth-order valence-electron chi connectivity index (χ4n) is 1.74. The molecule has 0 saturated heterocycles. The van der Waals surface area contributed by atoms with E-state index >= 15 is 0 Å². The molecular weight excluding hydrogens is 256 g/mol. The third kappa shape index (κ3) is 2.59. The average molecular weight is 268 g/mol. The van der Waals surface area contributed by atoms with Crippen molar-refractivity contribution in [2.45, 2.75) is 6.54 Å². The summed E-state index contributed by atoms with van der Waals surface area (Å²) in [7, 11) is 0. The normalized spacial score (nSPS) is 10.4. The van der Waals surface area contributed by atoms with Gasteiger partial charge in [0.25, 0.3) is 5.91 Å². The molecule has 20 heavy (non-hydrogen) atoms. The van der Waals surface area contributed by atoms with Gasteiger partial charge in [0.05, 0.1) is 18.4 Å². The Balaban J connectivity index is 1.66. The number of aromatic nitrogens is 3. The predicted octanol–water partition coefficient (Wildman–Crippen LogP) is 1.79. The van der Waals surface area contributed by atoms with Crippen LogP contribution in [0.25, 0.3) is 5.82 Å². The first-order valence-corrected chi connectivity index (χ1v) is 6.09. The molecule has 0 fully saturated rings. The first-order valence-electron chi connectivity index (χ1n) is 6.09. The minimum Gasteiger partial charge on any atom is -0.467 e. The van der Waals surface area contributed by atoms with Crippen molar-refractivity contribution in [3.05, 3.63) is 66.5 Å². The first kappa shape index (κ1) is 12.2. The number of nitrogens with zero attached hydrogens (tertiary/aromatic N) is 3. The van der Waals surface area contributed by atoms with Crippen LogP contribution in [0.1, 0.15) is 16.1 Å². The second kappa shape index (κ2) is 5.40. The number of furan rings is 1. The zero-order valence-electron chi connectivity index (χ0n) is 10.6. The van der Waals surface area contributed by atoms with Gasteiger partial charge in [0.1, 0.15) is 5.76 Å². The molecular formula is C14H12N4O2. The van der Waals surface area contributed by atoms with Crippen molar-refractivity contribution in [1.82, 2.24) is 20.1 Å². The Morgan fingerprint density at radius 1 is 1.30 bits per heavy atom. The number of carbonyl (C=O) groups is 1. The Morgan fingerprint density at radius 2 is 2.25 bits per heavy atom. The smallest absolute Gasteiger partial charge is 0.253 e. The molecule has 0 aliphatic rings. The van der Waals surface area contributed by atoms with E-state index in [4.69, 9.17) is 4.42 Å². The van der Waals surface area contributed by atoms with Crippen LogP contribution in [-0.4, -0.2) is 20.7 Å². The highest BCUT2D eigenvalue weighted by Crippen LogP contribution is 2.05. The van der Waals surface area contributed by atoms with Gasteiger partial charge in [-0.15, -0.1) is 0 Å². The lowest BCUT2D eigenvalue weighted by molar-refractivity contribution is 0.0947. The topological polar surface area (TPSA) is 73.0 Å². The molecule has 100 valence electrons. The second-order valence-corrected chi connectivity index (χ2v) is 4.12. The molecule has 1 N–H and O–H groups in total. The number of hydrogen-bond donors (Lipinski definition) is 1. The van der Waals surface area contributed by atoms with Crippen molar-refractivity contribution in [3.8, 4) is 5.82 Å². The lowest BCUT2D eigenvalue weighted by atomic mass is 10.2. The second-order valence-electron chi connectivity index (χ2n) is 4.12. The van der Waals surface area contributed by atoms with Gasteiger partial charge in [-0.05, 0) is 30.3 Å². The van der Waals surface area contributed by atoms with E-state index in [2.05, 4.69) is 15.4 Å². The molecule has 3 aromatic heterocycles. The number of amides is 1. The Bertz CT molecular complexity index is 673. The maximum absolute atomic E-state index is 11.9. The molecule has 3 aromatic rings. The summed E-state index contributed by atoms with van der Waals surface area (Å²) in [6, 6.07) is 8.85. The zero-order valence-corrected chi connectivity index (χ0v) is 10.6. The molecule has 0 radical (unpaired) electrons. The molecule has 0 aliphatic carbocycles. The summed E-state index contributed by atoms with van der Waals surface area (Å²) in [4.78, 5) is 16.1. The van der Waals surface area contributed by atoms with Crippen LogP contribution in [0.5, 0.6) is 0 Å². The van der Waals surface area contributed by atoms with E-state index in [1.807, 2.05) is 6.07 Å². The monoisotopic (exact) mass is 268 g/mol. The Hall–Kier alpha value is -2.89. The van der Waals surface area contributed by atoms with E-state index in [-0.39, 0.29) is 5.91 Å². The van der Waals surface area contributed by atoms with Gasteiger partial charge in [-0.2, -0.15) is 5.10 Å². The van der Waals surface area contributed by atoms with Crippen molar-refractivity contribution in [2.75, 3.05) is 0 Å². The molecule has 3 rings (SSSR count). The molecule has 0 unspecified atom stereocenters. The molecule has 6 heteroatoms. The fourth-order valence-corrected chi connectivity index (χ4v) is 1.74. The summed E-state index contributed by atoms with van der Waals surface area (Å²) in [5.74, 6) is 1.18. The Morgan fingerprint density at radius 3 is 2.90 bits per heavy atom. The van der Waals surface area contributed by atoms with Crippen molar-refractivity contribution in [1.29, 1.82) is 0 Å². The van der Waals surface area contributed by atoms with Crippen LogP contribution in [0.4, 0.5) is 0 Å². The van der Waals surface area contributed by atoms with Gasteiger partial charge in [0.15, 0.2) is 5.82 Å². The summed E-state index contributed by atoms with van der Waals surface area (Å²) in [6.45, 7) is 0.354. The minimum atomic E-state index is -0.194. The van der Waals surface area contributed by atoms with E-state index < -0.39 is 0 Å². The lowest BCUT2D eigenvalue weighted by Crippen LogP contribution is -2.22. The first-order chi connectivity index (χ1) is 9.83. The van der Waals surface area contributed by atoms with E-state index in [0.29, 0.717) is 23.7 Å². The highest BCUT2D eigenvalue weighted by atomic mass is 16.3. The zero-order chi connectivity index (χ0) is 13.8. The third-order valence-electron chi connectivity index (χ3n) is 2.75. The highest BCUT2D eigenvalue weighted by molar-refractivity contribution is 5.93. The van der Waals surface area contributed by atoms with Crippen LogP contribution < -0.4 is 5.32 Å². The lowest BCUT2D eigenvalue weighted by Gasteiger charge is -2.04. The van der Waals surface area contributed by atoms with Crippen molar-refractivity contribution in [2.24, 2.45) is 0 Å². The van der Waals surface area contributed by atoms with Crippen LogP contribution in [0.3, 0.4) is 0 Å². The molecule has 0 aliphatic heterocycles. The van der Waals surface area contributed by atoms with Gasteiger partial charge < -0.3 is 9.73 Å². The minimum absolute atomic E-state index is 0.194. The van der Waals surface area contributed by atoms with E-state index in [1.165, 1.54) is 6.20 Å². The number of carbonyl (C=O) groups excluding carboxylic acids is 1. The number of pyridine rings is 1. The molecule has 1 amide bonds. The fraction of sp³-hybridized carbons (Fsp3) is 0.0714. The molecule has 0 atom stereocenters. The summed E-state index contributed by atoms with van der Waals surface area (Å²) in [6.07, 6.45) is 6.56. The molecule has 3 heterocycles. The average Bonchev–Trinajstić information content (AvgIpc) is 3.18. The Kier molecular flexibility index (Phi) is 3.28. The summed E-state index contributed by atoms with van der Waals surface area (Å²) < 4.78 is 6.78. The van der Waals surface area contributed by atoms with Crippen LogP contribution in [-0.2, 0) is 6.54 Å². The van der Waals surface area contributed by atoms with Crippen molar-refractivity contribution in [3.63, 3.8) is 0 Å². The van der Waals surface area contributed by atoms with Gasteiger partial charge in [-0.25, -0.2) is 9.67 Å². The largest absolute Gasteiger partial charge is 0.467 e. The van der Waals surface area contributed by atoms with Gasteiger partial charge in [-0.3, -0.25) is 4.79 Å². The van der Waals surface area contributed by atoms with E-state index in [9.17, 15) is 4.79 Å². The SMILES string of the molecule is O=C(NCc1ccco1)c1ccc(-n2cccn2)nc1. The van der Waals surface area contributed by atoms with Gasteiger partial charge in [0, 0.05) is 18.6 Å². The van der Waals surface area contributed by atoms with Crippen LogP contribution >= 0.6 is 0 Å². The van der Waals surface area contributed by atoms with E-state index in [0.717, 1.165) is 0 Å². The van der Waals surface area contributed by atoms with E-state index in [1.54, 1.807) is 47.6 Å². The van der Waals surface area contributed by atoms with Gasteiger partial charge in [0.2, 0.25) is 0 Å². The number of rotatable bonds is 4. The molecule has 0 aromatic carbocycles. The van der Waals surface area contributed by atoms with Gasteiger partial charge >= 0.3 is 0 Å². The maximum atomic E-state index is 11.9. The molecule has 0 saturated carbocycles. The summed E-state index contributed by atoms with van der Waals surface area (Å²) in [5.41, 5.74) is 0.493. The van der Waals surface area contributed by atoms with Crippen LogP contribution in [0, 0.1) is 0 Å². The Labute approximate surface area is 115 Å². The summed E-state index contributed by atoms with van der Waals surface area (Å²) >= 11 is 0. The molecule has 0 bridgehead atoms. The van der Waals surface area contributed by atoms with Crippen LogP contribution in [0.2, 0.25) is 0 Å².